The van der Waals surface area contributed by atoms with Gasteiger partial charge in [-0.2, -0.15) is 0 Å². The summed E-state index contributed by atoms with van der Waals surface area (Å²) < 4.78 is 5.29. The molecule has 0 aromatic heterocycles. The molecular weight excluding hydrogens is 276 g/mol. The largest absolute Gasteiger partial charge is 0.444 e. The van der Waals surface area contributed by atoms with E-state index in [0.717, 1.165) is 12.8 Å². The standard InChI is InChI=1S/C18H26N2O2/c1-18(2,3)22-17(21)20-14-10-13(11-14)19-16-9-8-12-6-4-5-7-15(12)16/h4-7,13-14,16,19H,8-11H2,1-3H3,(H,20,21). The van der Waals surface area contributed by atoms with Crippen LogP contribution in [-0.2, 0) is 11.2 Å². The van der Waals surface area contributed by atoms with E-state index < -0.39 is 5.60 Å². The van der Waals surface area contributed by atoms with E-state index >= 15 is 0 Å². The Bertz CT molecular complexity index is 544. The second-order valence-electron chi connectivity index (χ2n) is 7.47. The number of carbonyl (C=O) groups excluding carboxylic acids is 1. The number of fused-ring (bicyclic) bond motifs is 1. The van der Waals surface area contributed by atoms with Gasteiger partial charge in [-0.1, -0.05) is 24.3 Å². The Hall–Kier alpha value is -1.55. The third kappa shape index (κ3) is 3.61. The predicted octanol–water partition coefficient (Wildman–Crippen LogP) is 3.32. The number of aryl methyl sites for hydroxylation is 1. The fourth-order valence-corrected chi connectivity index (χ4v) is 3.36. The van der Waals surface area contributed by atoms with Gasteiger partial charge in [0.1, 0.15) is 5.60 Å². The lowest BCUT2D eigenvalue weighted by Gasteiger charge is -2.38. The second-order valence-corrected chi connectivity index (χ2v) is 7.47. The zero-order valence-corrected chi connectivity index (χ0v) is 13.7. The molecule has 0 spiro atoms. The third-order valence-electron chi connectivity index (χ3n) is 4.43. The molecule has 4 heteroatoms. The van der Waals surface area contributed by atoms with Crippen LogP contribution in [0.4, 0.5) is 4.79 Å². The first-order valence-electron chi connectivity index (χ1n) is 8.24. The minimum atomic E-state index is -0.432. The van der Waals surface area contributed by atoms with Crippen LogP contribution in [0.25, 0.3) is 0 Å². The zero-order valence-electron chi connectivity index (χ0n) is 13.7. The lowest BCUT2D eigenvalue weighted by molar-refractivity contribution is 0.0463. The Morgan fingerprint density at radius 2 is 1.91 bits per heavy atom. The Morgan fingerprint density at radius 3 is 2.64 bits per heavy atom. The first-order chi connectivity index (χ1) is 10.4. The van der Waals surface area contributed by atoms with Crippen LogP contribution in [0.15, 0.2) is 24.3 Å². The number of hydrogen-bond donors (Lipinski definition) is 2. The minimum absolute atomic E-state index is 0.240. The number of hydrogen-bond acceptors (Lipinski definition) is 3. The van der Waals surface area contributed by atoms with E-state index in [9.17, 15) is 4.79 Å². The van der Waals surface area contributed by atoms with Crippen LogP contribution in [0.5, 0.6) is 0 Å². The van der Waals surface area contributed by atoms with Crippen molar-refractivity contribution < 1.29 is 9.53 Å². The van der Waals surface area contributed by atoms with E-state index in [-0.39, 0.29) is 12.1 Å². The van der Waals surface area contributed by atoms with Crippen molar-refractivity contribution in [3.05, 3.63) is 35.4 Å². The topological polar surface area (TPSA) is 50.4 Å². The van der Waals surface area contributed by atoms with Gasteiger partial charge < -0.3 is 15.4 Å². The fourth-order valence-electron chi connectivity index (χ4n) is 3.36. The lowest BCUT2D eigenvalue weighted by atomic mass is 9.86. The van der Waals surface area contributed by atoms with Gasteiger partial charge in [0.05, 0.1) is 0 Å². The maximum Gasteiger partial charge on any atom is 0.407 e. The van der Waals surface area contributed by atoms with Gasteiger partial charge >= 0.3 is 6.09 Å². The summed E-state index contributed by atoms with van der Waals surface area (Å²) in [4.78, 5) is 11.7. The highest BCUT2D eigenvalue weighted by atomic mass is 16.6. The Kier molecular flexibility index (Phi) is 4.13. The van der Waals surface area contributed by atoms with Gasteiger partial charge in [-0.25, -0.2) is 4.79 Å². The molecule has 2 aliphatic carbocycles. The summed E-state index contributed by atoms with van der Waals surface area (Å²) in [7, 11) is 0. The third-order valence-corrected chi connectivity index (χ3v) is 4.43. The number of alkyl carbamates (subject to hydrolysis) is 1. The summed E-state index contributed by atoms with van der Waals surface area (Å²) in [6.07, 6.45) is 4.01. The van der Waals surface area contributed by atoms with Crippen molar-refractivity contribution in [1.82, 2.24) is 10.6 Å². The number of carbonyl (C=O) groups is 1. The summed E-state index contributed by atoms with van der Waals surface area (Å²) >= 11 is 0. The summed E-state index contributed by atoms with van der Waals surface area (Å²) in [5.41, 5.74) is 2.49. The quantitative estimate of drug-likeness (QED) is 0.900. The molecule has 0 aliphatic heterocycles. The molecule has 1 unspecified atom stereocenters. The van der Waals surface area contributed by atoms with Gasteiger partial charge in [0, 0.05) is 18.1 Å². The molecule has 120 valence electrons. The van der Waals surface area contributed by atoms with Crippen molar-refractivity contribution in [3.63, 3.8) is 0 Å². The van der Waals surface area contributed by atoms with Crippen LogP contribution in [0.2, 0.25) is 0 Å². The van der Waals surface area contributed by atoms with Crippen LogP contribution < -0.4 is 10.6 Å². The van der Waals surface area contributed by atoms with Crippen molar-refractivity contribution in [2.45, 2.75) is 70.2 Å². The van der Waals surface area contributed by atoms with Crippen LogP contribution in [-0.4, -0.2) is 23.8 Å². The van der Waals surface area contributed by atoms with E-state index in [0.29, 0.717) is 12.1 Å². The van der Waals surface area contributed by atoms with E-state index in [1.807, 2.05) is 20.8 Å². The van der Waals surface area contributed by atoms with Gasteiger partial charge in [0.25, 0.3) is 0 Å². The monoisotopic (exact) mass is 302 g/mol. The zero-order chi connectivity index (χ0) is 15.7. The molecule has 2 aliphatic rings. The number of benzene rings is 1. The first kappa shape index (κ1) is 15.3. The number of rotatable bonds is 3. The number of amides is 1. The average molecular weight is 302 g/mol. The number of ether oxygens (including phenoxy) is 1. The summed E-state index contributed by atoms with van der Waals surface area (Å²) in [6.45, 7) is 5.65. The fraction of sp³-hybridized carbons (Fsp3) is 0.611. The first-order valence-corrected chi connectivity index (χ1v) is 8.24. The van der Waals surface area contributed by atoms with Gasteiger partial charge in [-0.3, -0.25) is 0 Å². The van der Waals surface area contributed by atoms with Crippen LogP contribution in [0.1, 0.15) is 57.2 Å². The SMILES string of the molecule is CC(C)(C)OC(=O)NC1CC(NC2CCc3ccccc32)C1. The number of nitrogens with one attached hydrogen (secondary N) is 2. The molecule has 1 aromatic rings. The van der Waals surface area contributed by atoms with Gasteiger partial charge in [-0.15, -0.1) is 0 Å². The highest BCUT2D eigenvalue weighted by molar-refractivity contribution is 5.68. The molecular formula is C18H26N2O2. The Balaban J connectivity index is 1.42. The van der Waals surface area contributed by atoms with Gasteiger partial charge in [0.2, 0.25) is 0 Å². The van der Waals surface area contributed by atoms with Crippen molar-refractivity contribution in [2.75, 3.05) is 0 Å². The molecule has 0 saturated heterocycles. The molecule has 3 rings (SSSR count). The molecule has 1 aromatic carbocycles. The molecule has 1 atom stereocenters. The van der Waals surface area contributed by atoms with Crippen LogP contribution in [0, 0.1) is 0 Å². The molecule has 1 fully saturated rings. The van der Waals surface area contributed by atoms with E-state index in [1.54, 1.807) is 0 Å². The highest BCUT2D eigenvalue weighted by Crippen LogP contribution is 2.33. The van der Waals surface area contributed by atoms with Crippen molar-refractivity contribution in [1.29, 1.82) is 0 Å². The van der Waals surface area contributed by atoms with Gasteiger partial charge in [0.15, 0.2) is 0 Å². The molecule has 1 saturated carbocycles. The maximum atomic E-state index is 11.7. The van der Waals surface area contributed by atoms with Crippen molar-refractivity contribution >= 4 is 6.09 Å². The van der Waals surface area contributed by atoms with Gasteiger partial charge in [-0.05, 0) is 57.6 Å². The van der Waals surface area contributed by atoms with E-state index in [1.165, 1.54) is 24.0 Å². The summed E-state index contributed by atoms with van der Waals surface area (Å²) in [6, 6.07) is 9.90. The summed E-state index contributed by atoms with van der Waals surface area (Å²) in [5, 5.41) is 6.68. The molecule has 4 nitrogen and oxygen atoms in total. The highest BCUT2D eigenvalue weighted by Gasteiger charge is 2.34. The lowest BCUT2D eigenvalue weighted by Crippen LogP contribution is -2.53. The predicted molar refractivity (Wildman–Crippen MR) is 86.8 cm³/mol. The second kappa shape index (κ2) is 5.92. The molecule has 0 heterocycles. The molecule has 1 amide bonds. The molecule has 0 radical (unpaired) electrons. The molecule has 2 N–H and O–H groups in total. The normalized spacial score (nSPS) is 27.0. The van der Waals surface area contributed by atoms with Crippen LogP contribution in [0.3, 0.4) is 0 Å². The minimum Gasteiger partial charge on any atom is -0.444 e. The molecule has 0 bridgehead atoms. The smallest absolute Gasteiger partial charge is 0.407 e. The maximum absolute atomic E-state index is 11.7. The summed E-state index contributed by atoms with van der Waals surface area (Å²) in [5.74, 6) is 0. The van der Waals surface area contributed by atoms with E-state index in [2.05, 4.69) is 34.9 Å². The van der Waals surface area contributed by atoms with Crippen molar-refractivity contribution in [3.8, 4) is 0 Å². The Labute approximate surface area is 132 Å². The van der Waals surface area contributed by atoms with E-state index in [4.69, 9.17) is 4.74 Å². The molecule has 22 heavy (non-hydrogen) atoms. The average Bonchev–Trinajstić information content (AvgIpc) is 2.77. The van der Waals surface area contributed by atoms with Crippen molar-refractivity contribution in [2.24, 2.45) is 0 Å². The van der Waals surface area contributed by atoms with Crippen LogP contribution >= 0.6 is 0 Å². The Morgan fingerprint density at radius 1 is 1.18 bits per heavy atom.